The van der Waals surface area contributed by atoms with Crippen molar-refractivity contribution in [3.8, 4) is 11.5 Å². The molecule has 0 amide bonds. The van der Waals surface area contributed by atoms with Crippen LogP contribution in [0.5, 0.6) is 11.5 Å². The fourth-order valence-electron chi connectivity index (χ4n) is 2.81. The summed E-state index contributed by atoms with van der Waals surface area (Å²) in [6, 6.07) is 3.92. The number of piperazine rings is 1. The molecule has 1 aliphatic heterocycles. The predicted molar refractivity (Wildman–Crippen MR) is 83.3 cm³/mol. The zero-order valence-electron chi connectivity index (χ0n) is 13.3. The van der Waals surface area contributed by atoms with Crippen LogP contribution in [0.15, 0.2) is 12.1 Å². The summed E-state index contributed by atoms with van der Waals surface area (Å²) in [5, 5.41) is 3.38. The van der Waals surface area contributed by atoms with E-state index < -0.39 is 0 Å². The lowest BCUT2D eigenvalue weighted by Gasteiger charge is -2.28. The zero-order chi connectivity index (χ0) is 15.1. The van der Waals surface area contributed by atoms with E-state index in [1.807, 2.05) is 12.1 Å². The topological polar surface area (TPSA) is 43.0 Å². The molecule has 2 rings (SSSR count). The molecule has 5 nitrogen and oxygen atoms in total. The molecule has 118 valence electrons. The first-order chi connectivity index (χ1) is 10.3. The Balaban J connectivity index is 2.17. The maximum Gasteiger partial charge on any atom is 0.124 e. The summed E-state index contributed by atoms with van der Waals surface area (Å²) < 4.78 is 16.3. The van der Waals surface area contributed by atoms with Gasteiger partial charge < -0.3 is 24.4 Å². The molecule has 0 atom stereocenters. The average Bonchev–Trinajstić information content (AvgIpc) is 2.54. The number of rotatable bonds is 7. The highest BCUT2D eigenvalue weighted by atomic mass is 16.5. The summed E-state index contributed by atoms with van der Waals surface area (Å²) in [6.45, 7) is 5.91. The van der Waals surface area contributed by atoms with Gasteiger partial charge in [0.05, 0.1) is 20.8 Å². The number of nitrogens with one attached hydrogen (secondary N) is 1. The van der Waals surface area contributed by atoms with Gasteiger partial charge in [-0.1, -0.05) is 0 Å². The first-order valence-corrected chi connectivity index (χ1v) is 7.45. The van der Waals surface area contributed by atoms with Gasteiger partial charge in [-0.05, 0) is 18.6 Å². The van der Waals surface area contributed by atoms with Crippen molar-refractivity contribution in [3.05, 3.63) is 23.3 Å². The van der Waals surface area contributed by atoms with Gasteiger partial charge in [0.25, 0.3) is 0 Å². The second kappa shape index (κ2) is 8.22. The lowest BCUT2D eigenvalue weighted by atomic mass is 10.0. The van der Waals surface area contributed by atoms with Crippen molar-refractivity contribution in [1.29, 1.82) is 0 Å². The van der Waals surface area contributed by atoms with Crippen molar-refractivity contribution >= 4 is 0 Å². The molecule has 0 bridgehead atoms. The van der Waals surface area contributed by atoms with E-state index >= 15 is 0 Å². The second-order valence-electron chi connectivity index (χ2n) is 5.20. The van der Waals surface area contributed by atoms with Crippen molar-refractivity contribution in [2.45, 2.75) is 13.0 Å². The fourth-order valence-corrected chi connectivity index (χ4v) is 2.81. The lowest BCUT2D eigenvalue weighted by Crippen LogP contribution is -2.44. The van der Waals surface area contributed by atoms with E-state index in [1.54, 1.807) is 21.3 Å². The first-order valence-electron chi connectivity index (χ1n) is 7.45. The van der Waals surface area contributed by atoms with E-state index in [2.05, 4.69) is 10.2 Å². The third-order valence-corrected chi connectivity index (χ3v) is 3.96. The highest BCUT2D eigenvalue weighted by molar-refractivity contribution is 5.48. The van der Waals surface area contributed by atoms with Gasteiger partial charge in [0.2, 0.25) is 0 Å². The Bertz CT molecular complexity index is 445. The molecule has 0 saturated carbocycles. The predicted octanol–water partition coefficient (Wildman–Crippen LogP) is 1.30. The van der Waals surface area contributed by atoms with Crippen molar-refractivity contribution < 1.29 is 14.2 Å². The summed E-state index contributed by atoms with van der Waals surface area (Å²) in [7, 11) is 5.12. The Hall–Kier alpha value is -1.30. The van der Waals surface area contributed by atoms with E-state index in [0.29, 0.717) is 6.61 Å². The molecule has 0 aromatic heterocycles. The van der Waals surface area contributed by atoms with Crippen LogP contribution in [-0.2, 0) is 17.8 Å². The number of nitrogens with zero attached hydrogens (tertiary/aromatic N) is 1. The molecule has 1 fully saturated rings. The van der Waals surface area contributed by atoms with Crippen LogP contribution < -0.4 is 14.8 Å². The Morgan fingerprint density at radius 3 is 2.19 bits per heavy atom. The van der Waals surface area contributed by atoms with Gasteiger partial charge in [0, 0.05) is 51.0 Å². The van der Waals surface area contributed by atoms with Gasteiger partial charge >= 0.3 is 0 Å². The van der Waals surface area contributed by atoms with Gasteiger partial charge in [-0.2, -0.15) is 0 Å². The Morgan fingerprint density at radius 1 is 1.00 bits per heavy atom. The van der Waals surface area contributed by atoms with Crippen molar-refractivity contribution in [2.75, 3.05) is 54.1 Å². The number of methoxy groups -OCH3 is 3. The Labute approximate surface area is 127 Å². The molecule has 0 radical (unpaired) electrons. The summed E-state index contributed by atoms with van der Waals surface area (Å²) in [4.78, 5) is 2.48. The van der Waals surface area contributed by atoms with Crippen LogP contribution in [-0.4, -0.2) is 59.0 Å². The zero-order valence-corrected chi connectivity index (χ0v) is 13.3. The summed E-state index contributed by atoms with van der Waals surface area (Å²) in [5.74, 6) is 1.78. The van der Waals surface area contributed by atoms with Crippen LogP contribution in [0.1, 0.15) is 11.1 Å². The van der Waals surface area contributed by atoms with Crippen molar-refractivity contribution in [3.63, 3.8) is 0 Å². The summed E-state index contributed by atoms with van der Waals surface area (Å²) in [6.07, 6.45) is 0.944. The Kier molecular flexibility index (Phi) is 6.29. The van der Waals surface area contributed by atoms with Gasteiger partial charge in [-0.3, -0.25) is 0 Å². The first kappa shape index (κ1) is 16.1. The summed E-state index contributed by atoms with van der Waals surface area (Å²) >= 11 is 0. The van der Waals surface area contributed by atoms with Crippen molar-refractivity contribution in [1.82, 2.24) is 10.2 Å². The molecule has 5 heteroatoms. The van der Waals surface area contributed by atoms with Crippen LogP contribution in [0.25, 0.3) is 0 Å². The number of ether oxygens (including phenoxy) is 3. The molecular weight excluding hydrogens is 268 g/mol. The third kappa shape index (κ3) is 4.09. The number of benzene rings is 1. The molecule has 21 heavy (non-hydrogen) atoms. The third-order valence-electron chi connectivity index (χ3n) is 3.96. The molecule has 1 aliphatic rings. The minimum atomic E-state index is 0.539. The molecule has 1 N–H and O–H groups in total. The fraction of sp³-hybridized carbons (Fsp3) is 0.625. The largest absolute Gasteiger partial charge is 0.496 e. The smallest absolute Gasteiger partial charge is 0.124 e. The lowest BCUT2D eigenvalue weighted by molar-refractivity contribution is 0.179. The van der Waals surface area contributed by atoms with Crippen molar-refractivity contribution in [2.24, 2.45) is 0 Å². The van der Waals surface area contributed by atoms with Gasteiger partial charge in [0.1, 0.15) is 11.5 Å². The monoisotopic (exact) mass is 294 g/mol. The summed E-state index contributed by atoms with van der Waals surface area (Å²) in [5.41, 5.74) is 2.28. The highest BCUT2D eigenvalue weighted by Crippen LogP contribution is 2.31. The molecule has 0 aliphatic carbocycles. The van der Waals surface area contributed by atoms with E-state index in [4.69, 9.17) is 14.2 Å². The maximum absolute atomic E-state index is 5.53. The number of hydrogen-bond donors (Lipinski definition) is 1. The number of hydrogen-bond acceptors (Lipinski definition) is 5. The standard InChI is InChI=1S/C16H26N2O3/c1-19-12-14-13(6-9-18-10-7-17-8-11-18)15(20-2)4-5-16(14)21-3/h4-5,17H,6-12H2,1-3H3. The average molecular weight is 294 g/mol. The quantitative estimate of drug-likeness (QED) is 0.821. The molecule has 1 aromatic rings. The van der Waals surface area contributed by atoms with Crippen LogP contribution in [0.2, 0.25) is 0 Å². The molecule has 0 unspecified atom stereocenters. The molecule has 1 saturated heterocycles. The van der Waals surface area contributed by atoms with Crippen LogP contribution in [0.4, 0.5) is 0 Å². The normalized spacial score (nSPS) is 16.0. The maximum atomic E-state index is 5.53. The van der Waals surface area contributed by atoms with Crippen LogP contribution >= 0.6 is 0 Å². The SMILES string of the molecule is COCc1c(OC)ccc(OC)c1CCN1CCNCC1. The highest BCUT2D eigenvalue weighted by Gasteiger charge is 2.17. The van der Waals surface area contributed by atoms with E-state index in [9.17, 15) is 0 Å². The van der Waals surface area contributed by atoms with Gasteiger partial charge in [-0.25, -0.2) is 0 Å². The van der Waals surface area contributed by atoms with Crippen LogP contribution in [0, 0.1) is 0 Å². The van der Waals surface area contributed by atoms with E-state index in [-0.39, 0.29) is 0 Å². The molecule has 1 aromatic carbocycles. The minimum Gasteiger partial charge on any atom is -0.496 e. The molecule has 1 heterocycles. The van der Waals surface area contributed by atoms with Gasteiger partial charge in [-0.15, -0.1) is 0 Å². The van der Waals surface area contributed by atoms with E-state index in [0.717, 1.165) is 56.2 Å². The van der Waals surface area contributed by atoms with Gasteiger partial charge in [0.15, 0.2) is 0 Å². The molecule has 0 spiro atoms. The van der Waals surface area contributed by atoms with Crippen LogP contribution in [0.3, 0.4) is 0 Å². The minimum absolute atomic E-state index is 0.539. The van der Waals surface area contributed by atoms with E-state index in [1.165, 1.54) is 5.56 Å². The molecular formula is C16H26N2O3. The Morgan fingerprint density at radius 2 is 1.62 bits per heavy atom. The second-order valence-corrected chi connectivity index (χ2v) is 5.20.